The van der Waals surface area contributed by atoms with Crippen LogP contribution in [0.2, 0.25) is 0 Å². The first-order chi connectivity index (χ1) is 10.6. The molecule has 0 saturated carbocycles. The van der Waals surface area contributed by atoms with E-state index in [2.05, 4.69) is 23.1 Å². The summed E-state index contributed by atoms with van der Waals surface area (Å²) in [5.74, 6) is -0.300. The number of fused-ring (bicyclic) bond motifs is 1. The number of carboxylic acid groups (broad SMARTS) is 1. The molecule has 4 nitrogen and oxygen atoms in total. The predicted molar refractivity (Wildman–Crippen MR) is 86.4 cm³/mol. The van der Waals surface area contributed by atoms with Crippen LogP contribution in [0.5, 0.6) is 0 Å². The maximum Gasteiger partial charge on any atom is 0.306 e. The van der Waals surface area contributed by atoms with Gasteiger partial charge in [0.05, 0.1) is 5.92 Å². The number of rotatable bonds is 5. The quantitative estimate of drug-likeness (QED) is 0.908. The molecule has 1 fully saturated rings. The number of benzene rings is 1. The van der Waals surface area contributed by atoms with Crippen LogP contribution in [0.15, 0.2) is 18.2 Å². The molecule has 0 aliphatic carbocycles. The lowest BCUT2D eigenvalue weighted by Gasteiger charge is -2.28. The van der Waals surface area contributed by atoms with Crippen LogP contribution in [0.1, 0.15) is 30.9 Å². The Bertz CT molecular complexity index is 537. The Morgan fingerprint density at radius 2 is 2.18 bits per heavy atom. The van der Waals surface area contributed by atoms with Gasteiger partial charge in [0.25, 0.3) is 0 Å². The minimum absolute atomic E-state index is 0.321. The SMILES string of the molecule is CC(Cc1ccc2c(c1)CCN2CC1CCOCC1)C(=O)O. The number of anilines is 1. The summed E-state index contributed by atoms with van der Waals surface area (Å²) in [6, 6.07) is 6.49. The number of nitrogens with zero attached hydrogens (tertiary/aromatic N) is 1. The highest BCUT2D eigenvalue weighted by molar-refractivity contribution is 5.70. The van der Waals surface area contributed by atoms with Gasteiger partial charge in [-0.1, -0.05) is 19.1 Å². The summed E-state index contributed by atoms with van der Waals surface area (Å²) in [7, 11) is 0. The minimum Gasteiger partial charge on any atom is -0.481 e. The Hall–Kier alpha value is -1.55. The van der Waals surface area contributed by atoms with Crippen LogP contribution in [-0.4, -0.2) is 37.4 Å². The molecule has 2 heterocycles. The molecule has 1 atom stereocenters. The van der Waals surface area contributed by atoms with Gasteiger partial charge in [0.15, 0.2) is 0 Å². The van der Waals surface area contributed by atoms with Crippen LogP contribution >= 0.6 is 0 Å². The fourth-order valence-corrected chi connectivity index (χ4v) is 3.52. The van der Waals surface area contributed by atoms with Crippen molar-refractivity contribution in [2.24, 2.45) is 11.8 Å². The van der Waals surface area contributed by atoms with Crippen LogP contribution in [-0.2, 0) is 22.4 Å². The third-order valence-corrected chi connectivity index (χ3v) is 4.92. The van der Waals surface area contributed by atoms with Crippen molar-refractivity contribution in [2.45, 2.75) is 32.6 Å². The van der Waals surface area contributed by atoms with Gasteiger partial charge >= 0.3 is 5.97 Å². The number of carbonyl (C=O) groups is 1. The summed E-state index contributed by atoms with van der Waals surface area (Å²) in [5, 5.41) is 9.04. The summed E-state index contributed by atoms with van der Waals surface area (Å²) < 4.78 is 5.44. The lowest BCUT2D eigenvalue weighted by Crippen LogP contribution is -2.31. The van der Waals surface area contributed by atoms with Gasteiger partial charge in [0, 0.05) is 32.0 Å². The summed E-state index contributed by atoms with van der Waals surface area (Å²) >= 11 is 0. The first kappa shape index (κ1) is 15.3. The van der Waals surface area contributed by atoms with E-state index in [1.165, 1.54) is 24.1 Å². The lowest BCUT2D eigenvalue weighted by molar-refractivity contribution is -0.141. The molecule has 1 aromatic rings. The number of aliphatic carboxylic acids is 1. The molecule has 4 heteroatoms. The molecule has 0 radical (unpaired) electrons. The standard InChI is InChI=1S/C18H25NO3/c1-13(18(20)21)10-15-2-3-17-16(11-15)4-7-19(17)12-14-5-8-22-9-6-14/h2-3,11,13-14H,4-10,12H2,1H3,(H,20,21). The van der Waals surface area contributed by atoms with Gasteiger partial charge in [0.1, 0.15) is 0 Å². The minimum atomic E-state index is -0.721. The summed E-state index contributed by atoms with van der Waals surface area (Å²) in [5.41, 5.74) is 3.86. The van der Waals surface area contributed by atoms with Gasteiger partial charge < -0.3 is 14.7 Å². The van der Waals surface area contributed by atoms with Crippen molar-refractivity contribution in [3.05, 3.63) is 29.3 Å². The highest BCUT2D eigenvalue weighted by atomic mass is 16.5. The zero-order valence-corrected chi connectivity index (χ0v) is 13.3. The molecular formula is C18H25NO3. The van der Waals surface area contributed by atoms with E-state index in [-0.39, 0.29) is 5.92 Å². The van der Waals surface area contributed by atoms with Crippen molar-refractivity contribution in [1.82, 2.24) is 0 Å². The van der Waals surface area contributed by atoms with Gasteiger partial charge in [-0.25, -0.2) is 0 Å². The molecule has 1 N–H and O–H groups in total. The van der Waals surface area contributed by atoms with E-state index in [9.17, 15) is 4.79 Å². The fraction of sp³-hybridized carbons (Fsp3) is 0.611. The molecule has 1 saturated heterocycles. The molecule has 22 heavy (non-hydrogen) atoms. The molecule has 0 spiro atoms. The van der Waals surface area contributed by atoms with Crippen LogP contribution in [0, 0.1) is 11.8 Å². The van der Waals surface area contributed by atoms with E-state index in [4.69, 9.17) is 9.84 Å². The Morgan fingerprint density at radius 3 is 2.91 bits per heavy atom. The summed E-state index contributed by atoms with van der Waals surface area (Å²) in [6.07, 6.45) is 4.02. The van der Waals surface area contributed by atoms with E-state index in [1.807, 2.05) is 0 Å². The molecule has 2 aliphatic heterocycles. The van der Waals surface area contributed by atoms with Crippen molar-refractivity contribution in [3.63, 3.8) is 0 Å². The van der Waals surface area contributed by atoms with Crippen molar-refractivity contribution in [2.75, 3.05) is 31.2 Å². The lowest BCUT2D eigenvalue weighted by atomic mass is 9.98. The van der Waals surface area contributed by atoms with Crippen molar-refractivity contribution in [1.29, 1.82) is 0 Å². The van der Waals surface area contributed by atoms with Gasteiger partial charge in [-0.3, -0.25) is 4.79 Å². The monoisotopic (exact) mass is 303 g/mol. The van der Waals surface area contributed by atoms with E-state index in [0.29, 0.717) is 6.42 Å². The van der Waals surface area contributed by atoms with E-state index < -0.39 is 5.97 Å². The Labute approximate surface area is 132 Å². The van der Waals surface area contributed by atoms with Crippen molar-refractivity contribution in [3.8, 4) is 0 Å². The maximum absolute atomic E-state index is 11.0. The van der Waals surface area contributed by atoms with Gasteiger partial charge in [-0.15, -0.1) is 0 Å². The van der Waals surface area contributed by atoms with Crippen molar-refractivity contribution < 1.29 is 14.6 Å². The first-order valence-corrected chi connectivity index (χ1v) is 8.31. The molecule has 120 valence electrons. The molecule has 3 rings (SSSR count). The molecule has 0 bridgehead atoms. The molecule has 0 aromatic heterocycles. The summed E-state index contributed by atoms with van der Waals surface area (Å²) in [4.78, 5) is 13.5. The largest absolute Gasteiger partial charge is 0.481 e. The normalized spacial score (nSPS) is 20.0. The average molecular weight is 303 g/mol. The van der Waals surface area contributed by atoms with Gasteiger partial charge in [0.2, 0.25) is 0 Å². The molecule has 1 aromatic carbocycles. The zero-order valence-electron chi connectivity index (χ0n) is 13.3. The van der Waals surface area contributed by atoms with Gasteiger partial charge in [-0.05, 0) is 48.8 Å². The highest BCUT2D eigenvalue weighted by Crippen LogP contribution is 2.31. The van der Waals surface area contributed by atoms with Crippen LogP contribution < -0.4 is 4.90 Å². The predicted octanol–water partition coefficient (Wildman–Crippen LogP) is 2.74. The van der Waals surface area contributed by atoms with Crippen molar-refractivity contribution >= 4 is 11.7 Å². The average Bonchev–Trinajstić information content (AvgIpc) is 2.90. The third kappa shape index (κ3) is 3.43. The van der Waals surface area contributed by atoms with E-state index in [0.717, 1.165) is 44.2 Å². The molecular weight excluding hydrogens is 278 g/mol. The molecule has 2 aliphatic rings. The summed E-state index contributed by atoms with van der Waals surface area (Å²) in [6.45, 7) is 5.79. The molecule has 1 unspecified atom stereocenters. The zero-order chi connectivity index (χ0) is 15.5. The van der Waals surface area contributed by atoms with E-state index in [1.54, 1.807) is 6.92 Å². The number of ether oxygens (including phenoxy) is 1. The second kappa shape index (κ2) is 6.69. The van der Waals surface area contributed by atoms with Crippen LogP contribution in [0.4, 0.5) is 5.69 Å². The Kier molecular flexibility index (Phi) is 4.67. The van der Waals surface area contributed by atoms with Crippen LogP contribution in [0.25, 0.3) is 0 Å². The molecule has 0 amide bonds. The fourth-order valence-electron chi connectivity index (χ4n) is 3.52. The first-order valence-electron chi connectivity index (χ1n) is 8.31. The Morgan fingerprint density at radius 1 is 1.41 bits per heavy atom. The highest BCUT2D eigenvalue weighted by Gasteiger charge is 2.24. The van der Waals surface area contributed by atoms with E-state index >= 15 is 0 Å². The second-order valence-corrected chi connectivity index (χ2v) is 6.66. The smallest absolute Gasteiger partial charge is 0.306 e. The number of hydrogen-bond acceptors (Lipinski definition) is 3. The van der Waals surface area contributed by atoms with Gasteiger partial charge in [-0.2, -0.15) is 0 Å². The number of hydrogen-bond donors (Lipinski definition) is 1. The van der Waals surface area contributed by atoms with Crippen LogP contribution in [0.3, 0.4) is 0 Å². The number of carboxylic acids is 1. The Balaban J connectivity index is 1.65. The third-order valence-electron chi connectivity index (χ3n) is 4.92. The maximum atomic E-state index is 11.0. The second-order valence-electron chi connectivity index (χ2n) is 6.66. The topological polar surface area (TPSA) is 49.8 Å².